The SMILES string of the molecule is CC1CCc2c(sc(NC(=O)c3cc(Cl)ccc3Cl)c2C#N)C1. The molecule has 1 heterocycles. The first-order valence-electron chi connectivity index (χ1n) is 7.30. The summed E-state index contributed by atoms with van der Waals surface area (Å²) in [6, 6.07) is 6.99. The molecule has 1 aliphatic rings. The summed E-state index contributed by atoms with van der Waals surface area (Å²) in [5, 5.41) is 13.7. The molecule has 0 aliphatic heterocycles. The smallest absolute Gasteiger partial charge is 0.257 e. The molecule has 0 saturated heterocycles. The average molecular weight is 365 g/mol. The van der Waals surface area contributed by atoms with Gasteiger partial charge in [-0.15, -0.1) is 11.3 Å². The van der Waals surface area contributed by atoms with Crippen LogP contribution < -0.4 is 5.32 Å². The zero-order valence-corrected chi connectivity index (χ0v) is 14.8. The fourth-order valence-corrected chi connectivity index (χ4v) is 4.53. The van der Waals surface area contributed by atoms with E-state index in [1.54, 1.807) is 12.1 Å². The molecule has 1 N–H and O–H groups in total. The number of nitrogens with one attached hydrogen (secondary N) is 1. The number of fused-ring (bicyclic) bond motifs is 1. The second-order valence-electron chi connectivity index (χ2n) is 5.75. The minimum absolute atomic E-state index is 0.308. The van der Waals surface area contributed by atoms with Crippen LogP contribution in [0.4, 0.5) is 5.00 Å². The van der Waals surface area contributed by atoms with Gasteiger partial charge in [0.15, 0.2) is 0 Å². The van der Waals surface area contributed by atoms with Gasteiger partial charge in [-0.05, 0) is 48.9 Å². The predicted molar refractivity (Wildman–Crippen MR) is 94.6 cm³/mol. The van der Waals surface area contributed by atoms with Gasteiger partial charge in [-0.2, -0.15) is 5.26 Å². The molecule has 1 atom stereocenters. The molecule has 3 rings (SSSR count). The summed E-state index contributed by atoms with van der Waals surface area (Å²) in [5.74, 6) is 0.263. The van der Waals surface area contributed by atoms with Gasteiger partial charge >= 0.3 is 0 Å². The van der Waals surface area contributed by atoms with Crippen LogP contribution in [0.3, 0.4) is 0 Å². The Morgan fingerprint density at radius 1 is 1.43 bits per heavy atom. The zero-order chi connectivity index (χ0) is 16.6. The topological polar surface area (TPSA) is 52.9 Å². The van der Waals surface area contributed by atoms with Crippen LogP contribution in [0, 0.1) is 17.2 Å². The monoisotopic (exact) mass is 364 g/mol. The summed E-state index contributed by atoms with van der Waals surface area (Å²) >= 11 is 13.5. The fraction of sp³-hybridized carbons (Fsp3) is 0.294. The summed E-state index contributed by atoms with van der Waals surface area (Å²) in [5.41, 5.74) is 1.98. The summed E-state index contributed by atoms with van der Waals surface area (Å²) in [6.45, 7) is 2.21. The normalized spacial score (nSPS) is 16.5. The first-order valence-corrected chi connectivity index (χ1v) is 8.88. The Morgan fingerprint density at radius 3 is 2.96 bits per heavy atom. The Labute approximate surface area is 148 Å². The minimum atomic E-state index is -0.347. The molecule has 1 aromatic carbocycles. The molecular formula is C17H14Cl2N2OS. The molecule has 1 unspecified atom stereocenters. The van der Waals surface area contributed by atoms with Gasteiger partial charge in [0.25, 0.3) is 5.91 Å². The lowest BCUT2D eigenvalue weighted by Gasteiger charge is -2.17. The molecule has 0 radical (unpaired) electrons. The summed E-state index contributed by atoms with van der Waals surface area (Å²) in [4.78, 5) is 13.7. The highest BCUT2D eigenvalue weighted by Gasteiger charge is 2.25. The van der Waals surface area contributed by atoms with E-state index >= 15 is 0 Å². The van der Waals surface area contributed by atoms with Crippen LogP contribution >= 0.6 is 34.5 Å². The number of carbonyl (C=O) groups excluding carboxylic acids is 1. The molecule has 0 spiro atoms. The van der Waals surface area contributed by atoms with E-state index in [4.69, 9.17) is 23.2 Å². The van der Waals surface area contributed by atoms with Crippen molar-refractivity contribution in [2.24, 2.45) is 5.92 Å². The Hall–Kier alpha value is -1.54. The third-order valence-corrected chi connectivity index (χ3v) is 5.76. The number of amides is 1. The summed E-state index contributed by atoms with van der Waals surface area (Å²) in [6.07, 6.45) is 2.93. The molecule has 1 aromatic heterocycles. The maximum atomic E-state index is 12.5. The maximum absolute atomic E-state index is 12.5. The number of anilines is 1. The molecule has 3 nitrogen and oxygen atoms in total. The number of halogens is 2. The van der Waals surface area contributed by atoms with Crippen molar-refractivity contribution in [1.29, 1.82) is 5.26 Å². The molecule has 2 aromatic rings. The molecule has 0 fully saturated rings. The van der Waals surface area contributed by atoms with E-state index in [9.17, 15) is 10.1 Å². The number of thiophene rings is 1. The number of rotatable bonds is 2. The lowest BCUT2D eigenvalue weighted by atomic mass is 9.88. The van der Waals surface area contributed by atoms with Crippen molar-refractivity contribution in [3.8, 4) is 6.07 Å². The second kappa shape index (κ2) is 6.52. The molecule has 1 aliphatic carbocycles. The van der Waals surface area contributed by atoms with Crippen LogP contribution in [0.1, 0.15) is 39.7 Å². The van der Waals surface area contributed by atoms with Crippen molar-refractivity contribution in [2.45, 2.75) is 26.2 Å². The lowest BCUT2D eigenvalue weighted by molar-refractivity contribution is 0.102. The molecule has 6 heteroatoms. The largest absolute Gasteiger partial charge is 0.312 e. The Balaban J connectivity index is 1.93. The molecule has 1 amide bonds. The van der Waals surface area contributed by atoms with Crippen LogP contribution in [-0.4, -0.2) is 5.91 Å². The number of benzene rings is 1. The van der Waals surface area contributed by atoms with E-state index in [1.807, 2.05) is 0 Å². The number of hydrogen-bond donors (Lipinski definition) is 1. The Kier molecular flexibility index (Phi) is 4.63. The van der Waals surface area contributed by atoms with Gasteiger partial charge in [-0.3, -0.25) is 4.79 Å². The molecule has 23 heavy (non-hydrogen) atoms. The maximum Gasteiger partial charge on any atom is 0.257 e. The highest BCUT2D eigenvalue weighted by atomic mass is 35.5. The van der Waals surface area contributed by atoms with E-state index in [1.165, 1.54) is 22.3 Å². The molecule has 0 saturated carbocycles. The van der Waals surface area contributed by atoms with E-state index in [0.29, 0.717) is 32.1 Å². The highest BCUT2D eigenvalue weighted by molar-refractivity contribution is 7.16. The fourth-order valence-electron chi connectivity index (χ4n) is 2.80. The van der Waals surface area contributed by atoms with Crippen molar-refractivity contribution in [3.63, 3.8) is 0 Å². The van der Waals surface area contributed by atoms with Gasteiger partial charge < -0.3 is 5.32 Å². The molecule has 118 valence electrons. The standard InChI is InChI=1S/C17H14Cl2N2OS/c1-9-2-4-11-13(8-20)17(23-15(11)6-9)21-16(22)12-7-10(18)3-5-14(12)19/h3,5,7,9H,2,4,6H2,1H3,(H,21,22). The van der Waals surface area contributed by atoms with Crippen molar-refractivity contribution in [3.05, 3.63) is 49.8 Å². The Bertz CT molecular complexity index is 823. The molecule has 0 bridgehead atoms. The summed E-state index contributed by atoms with van der Waals surface area (Å²) < 4.78 is 0. The zero-order valence-electron chi connectivity index (χ0n) is 12.5. The van der Waals surface area contributed by atoms with Crippen molar-refractivity contribution >= 4 is 45.4 Å². The van der Waals surface area contributed by atoms with Crippen LogP contribution in [0.25, 0.3) is 0 Å². The van der Waals surface area contributed by atoms with Gasteiger partial charge in [0.1, 0.15) is 11.1 Å². The minimum Gasteiger partial charge on any atom is -0.312 e. The number of nitrogens with zero attached hydrogens (tertiary/aromatic N) is 1. The lowest BCUT2D eigenvalue weighted by Crippen LogP contribution is -2.12. The van der Waals surface area contributed by atoms with Gasteiger partial charge in [-0.25, -0.2) is 0 Å². The first-order chi connectivity index (χ1) is 11.0. The molecular weight excluding hydrogens is 351 g/mol. The van der Waals surface area contributed by atoms with E-state index < -0.39 is 0 Å². The Morgan fingerprint density at radius 2 is 2.22 bits per heavy atom. The average Bonchev–Trinajstić information content (AvgIpc) is 2.85. The van der Waals surface area contributed by atoms with Gasteiger partial charge in [-0.1, -0.05) is 30.1 Å². The van der Waals surface area contributed by atoms with Crippen molar-refractivity contribution in [1.82, 2.24) is 0 Å². The number of nitriles is 1. The van der Waals surface area contributed by atoms with E-state index in [-0.39, 0.29) is 5.91 Å². The van der Waals surface area contributed by atoms with E-state index in [0.717, 1.165) is 24.8 Å². The van der Waals surface area contributed by atoms with Crippen molar-refractivity contribution in [2.75, 3.05) is 5.32 Å². The van der Waals surface area contributed by atoms with Crippen LogP contribution in [0.2, 0.25) is 10.0 Å². The third-order valence-electron chi connectivity index (χ3n) is 4.02. The van der Waals surface area contributed by atoms with Crippen molar-refractivity contribution < 1.29 is 4.79 Å². The highest BCUT2D eigenvalue weighted by Crippen LogP contribution is 2.39. The van der Waals surface area contributed by atoms with Gasteiger partial charge in [0, 0.05) is 9.90 Å². The van der Waals surface area contributed by atoms with Crippen LogP contribution in [0.5, 0.6) is 0 Å². The number of carbonyl (C=O) groups is 1. The third kappa shape index (κ3) is 3.23. The predicted octanol–water partition coefficient (Wildman–Crippen LogP) is 5.30. The summed E-state index contributed by atoms with van der Waals surface area (Å²) in [7, 11) is 0. The van der Waals surface area contributed by atoms with Gasteiger partial charge in [0.05, 0.1) is 16.1 Å². The van der Waals surface area contributed by atoms with Crippen LogP contribution in [0.15, 0.2) is 18.2 Å². The van der Waals surface area contributed by atoms with Gasteiger partial charge in [0.2, 0.25) is 0 Å². The van der Waals surface area contributed by atoms with E-state index in [2.05, 4.69) is 18.3 Å². The quantitative estimate of drug-likeness (QED) is 0.785. The number of hydrogen-bond acceptors (Lipinski definition) is 3. The second-order valence-corrected chi connectivity index (χ2v) is 7.69. The first kappa shape index (κ1) is 16.3. The van der Waals surface area contributed by atoms with Crippen LogP contribution in [-0.2, 0) is 12.8 Å².